The molecule has 0 radical (unpaired) electrons. The van der Waals surface area contributed by atoms with E-state index < -0.39 is 0 Å². The van der Waals surface area contributed by atoms with E-state index in [0.717, 1.165) is 41.4 Å². The highest BCUT2D eigenvalue weighted by Gasteiger charge is 2.10. The van der Waals surface area contributed by atoms with Crippen LogP contribution in [-0.4, -0.2) is 16.9 Å². The first-order valence-electron chi connectivity index (χ1n) is 9.12. The van der Waals surface area contributed by atoms with Crippen molar-refractivity contribution in [3.8, 4) is 11.5 Å². The Balaban J connectivity index is 1.63. The number of aryl methyl sites for hydroxylation is 2. The molecule has 0 atom stereocenters. The van der Waals surface area contributed by atoms with Crippen molar-refractivity contribution in [3.05, 3.63) is 76.6 Å². The molecule has 0 saturated heterocycles. The van der Waals surface area contributed by atoms with Crippen molar-refractivity contribution in [1.82, 2.24) is 15.1 Å². The highest BCUT2D eigenvalue weighted by atomic mass is 16.5. The van der Waals surface area contributed by atoms with E-state index in [4.69, 9.17) is 9.47 Å². The maximum atomic E-state index is 5.99. The van der Waals surface area contributed by atoms with E-state index >= 15 is 0 Å². The quantitative estimate of drug-likeness (QED) is 0.657. The number of benzene rings is 2. The summed E-state index contributed by atoms with van der Waals surface area (Å²) in [6.45, 7) is 6.20. The van der Waals surface area contributed by atoms with Crippen LogP contribution in [0.25, 0.3) is 0 Å². The van der Waals surface area contributed by atoms with E-state index in [2.05, 4.69) is 35.5 Å². The third kappa shape index (κ3) is 4.68. The van der Waals surface area contributed by atoms with Gasteiger partial charge in [0.2, 0.25) is 0 Å². The van der Waals surface area contributed by atoms with Crippen molar-refractivity contribution in [3.63, 3.8) is 0 Å². The van der Waals surface area contributed by atoms with E-state index in [1.54, 1.807) is 7.11 Å². The molecule has 2 aromatic carbocycles. The number of nitrogens with zero attached hydrogens (tertiary/aromatic N) is 2. The maximum Gasteiger partial charge on any atom is 0.161 e. The fraction of sp³-hybridized carbons (Fsp3) is 0.318. The second-order valence-corrected chi connectivity index (χ2v) is 6.64. The zero-order chi connectivity index (χ0) is 19.2. The van der Waals surface area contributed by atoms with Crippen LogP contribution < -0.4 is 14.8 Å². The number of aromatic nitrogens is 2. The van der Waals surface area contributed by atoms with Gasteiger partial charge in [-0.1, -0.05) is 36.4 Å². The normalized spacial score (nSPS) is 10.8. The SMILES string of the molecule is COc1ccc(CNCc2c(C)nn(C)c2C)cc1OCc1ccccc1. The van der Waals surface area contributed by atoms with Gasteiger partial charge in [0.05, 0.1) is 12.8 Å². The van der Waals surface area contributed by atoms with Gasteiger partial charge < -0.3 is 14.8 Å². The average molecular weight is 365 g/mol. The lowest BCUT2D eigenvalue weighted by Gasteiger charge is -2.13. The number of rotatable bonds is 8. The number of nitrogens with one attached hydrogen (secondary N) is 1. The molecule has 0 bridgehead atoms. The molecule has 0 saturated carbocycles. The lowest BCUT2D eigenvalue weighted by Crippen LogP contribution is -2.14. The summed E-state index contributed by atoms with van der Waals surface area (Å²) in [5.74, 6) is 1.50. The Morgan fingerprint density at radius 3 is 2.41 bits per heavy atom. The highest BCUT2D eigenvalue weighted by molar-refractivity contribution is 5.43. The van der Waals surface area contributed by atoms with Crippen molar-refractivity contribution in [1.29, 1.82) is 0 Å². The van der Waals surface area contributed by atoms with Crippen LogP contribution in [0.15, 0.2) is 48.5 Å². The minimum absolute atomic E-state index is 0.516. The molecule has 0 amide bonds. The standard InChI is InChI=1S/C22H27N3O2/c1-16-20(17(2)25(3)24-16)14-23-13-19-10-11-21(26-4)22(12-19)27-15-18-8-6-5-7-9-18/h5-12,23H,13-15H2,1-4H3. The molecule has 0 fully saturated rings. The summed E-state index contributed by atoms with van der Waals surface area (Å²) in [5.41, 5.74) is 5.81. The van der Waals surface area contributed by atoms with Crippen LogP contribution in [0.2, 0.25) is 0 Å². The van der Waals surface area contributed by atoms with Crippen molar-refractivity contribution >= 4 is 0 Å². The van der Waals surface area contributed by atoms with Gasteiger partial charge in [0.1, 0.15) is 6.61 Å². The predicted octanol–water partition coefficient (Wildman–Crippen LogP) is 3.91. The van der Waals surface area contributed by atoms with E-state index in [1.165, 1.54) is 11.3 Å². The molecule has 0 aliphatic rings. The number of hydrogen-bond donors (Lipinski definition) is 1. The lowest BCUT2D eigenvalue weighted by molar-refractivity contribution is 0.284. The second-order valence-electron chi connectivity index (χ2n) is 6.64. The minimum atomic E-state index is 0.516. The first-order chi connectivity index (χ1) is 13.1. The molecule has 0 aliphatic carbocycles. The van der Waals surface area contributed by atoms with Gasteiger partial charge in [0, 0.05) is 31.4 Å². The molecular formula is C22H27N3O2. The van der Waals surface area contributed by atoms with Gasteiger partial charge in [-0.25, -0.2) is 0 Å². The van der Waals surface area contributed by atoms with Gasteiger partial charge in [0.15, 0.2) is 11.5 Å². The molecule has 142 valence electrons. The molecule has 1 N–H and O–H groups in total. The fourth-order valence-corrected chi connectivity index (χ4v) is 3.08. The Kier molecular flexibility index (Phi) is 6.14. The molecule has 0 unspecified atom stereocenters. The Labute approximate surface area is 160 Å². The molecule has 5 nitrogen and oxygen atoms in total. The molecule has 0 spiro atoms. The van der Waals surface area contributed by atoms with Gasteiger partial charge in [0.25, 0.3) is 0 Å². The smallest absolute Gasteiger partial charge is 0.161 e. The second kappa shape index (κ2) is 8.73. The Hall–Kier alpha value is -2.79. The van der Waals surface area contributed by atoms with Crippen LogP contribution in [0.3, 0.4) is 0 Å². The molecule has 1 aromatic heterocycles. The molecule has 27 heavy (non-hydrogen) atoms. The molecule has 3 aromatic rings. The number of ether oxygens (including phenoxy) is 2. The van der Waals surface area contributed by atoms with Crippen LogP contribution in [0, 0.1) is 13.8 Å². The van der Waals surface area contributed by atoms with Crippen molar-refractivity contribution < 1.29 is 9.47 Å². The first kappa shape index (κ1) is 19.0. The molecule has 5 heteroatoms. The van der Waals surface area contributed by atoms with Gasteiger partial charge in [-0.3, -0.25) is 4.68 Å². The third-order valence-corrected chi connectivity index (χ3v) is 4.75. The van der Waals surface area contributed by atoms with Crippen molar-refractivity contribution in [2.24, 2.45) is 7.05 Å². The lowest BCUT2D eigenvalue weighted by atomic mass is 10.1. The average Bonchev–Trinajstić information content (AvgIpc) is 2.93. The minimum Gasteiger partial charge on any atom is -0.493 e. The predicted molar refractivity (Wildman–Crippen MR) is 107 cm³/mol. The van der Waals surface area contributed by atoms with Crippen molar-refractivity contribution in [2.75, 3.05) is 7.11 Å². The number of methoxy groups -OCH3 is 1. The Morgan fingerprint density at radius 1 is 0.963 bits per heavy atom. The van der Waals surface area contributed by atoms with Crippen LogP contribution in [0.5, 0.6) is 11.5 Å². The van der Waals surface area contributed by atoms with Gasteiger partial charge in [-0.2, -0.15) is 5.10 Å². The summed E-state index contributed by atoms with van der Waals surface area (Å²) in [5, 5.41) is 7.97. The topological polar surface area (TPSA) is 48.3 Å². The summed E-state index contributed by atoms with van der Waals surface area (Å²) < 4.78 is 13.4. The van der Waals surface area contributed by atoms with E-state index in [-0.39, 0.29) is 0 Å². The maximum absolute atomic E-state index is 5.99. The van der Waals surface area contributed by atoms with Crippen LogP contribution in [0.1, 0.15) is 28.1 Å². The Bertz CT molecular complexity index is 888. The van der Waals surface area contributed by atoms with Crippen molar-refractivity contribution in [2.45, 2.75) is 33.5 Å². The zero-order valence-electron chi connectivity index (χ0n) is 16.5. The molecule has 0 aliphatic heterocycles. The largest absolute Gasteiger partial charge is 0.493 e. The van der Waals surface area contributed by atoms with E-state index in [9.17, 15) is 0 Å². The van der Waals surface area contributed by atoms with E-state index in [0.29, 0.717) is 6.61 Å². The van der Waals surface area contributed by atoms with Gasteiger partial charge in [-0.15, -0.1) is 0 Å². The summed E-state index contributed by atoms with van der Waals surface area (Å²) in [7, 11) is 3.64. The summed E-state index contributed by atoms with van der Waals surface area (Å²) in [6, 6.07) is 16.2. The molecular weight excluding hydrogens is 338 g/mol. The number of hydrogen-bond acceptors (Lipinski definition) is 4. The third-order valence-electron chi connectivity index (χ3n) is 4.75. The zero-order valence-corrected chi connectivity index (χ0v) is 16.5. The van der Waals surface area contributed by atoms with E-state index in [1.807, 2.05) is 49.0 Å². The summed E-state index contributed by atoms with van der Waals surface area (Å²) in [6.07, 6.45) is 0. The Morgan fingerprint density at radius 2 is 1.74 bits per heavy atom. The van der Waals surface area contributed by atoms with Gasteiger partial charge >= 0.3 is 0 Å². The van der Waals surface area contributed by atoms with Crippen LogP contribution >= 0.6 is 0 Å². The highest BCUT2D eigenvalue weighted by Crippen LogP contribution is 2.29. The molecule has 1 heterocycles. The summed E-state index contributed by atoms with van der Waals surface area (Å²) in [4.78, 5) is 0. The first-order valence-corrected chi connectivity index (χ1v) is 9.12. The van der Waals surface area contributed by atoms with Crippen LogP contribution in [0.4, 0.5) is 0 Å². The van der Waals surface area contributed by atoms with Gasteiger partial charge in [-0.05, 0) is 37.1 Å². The molecule has 3 rings (SSSR count). The monoisotopic (exact) mass is 365 g/mol. The fourth-order valence-electron chi connectivity index (χ4n) is 3.08. The van der Waals surface area contributed by atoms with Crippen LogP contribution in [-0.2, 0) is 26.7 Å². The summed E-state index contributed by atoms with van der Waals surface area (Å²) >= 11 is 0.